The van der Waals surface area contributed by atoms with Gasteiger partial charge in [0.25, 0.3) is 0 Å². The van der Waals surface area contributed by atoms with E-state index in [2.05, 4.69) is 93.7 Å². The molecule has 15 heteroatoms. The van der Waals surface area contributed by atoms with Gasteiger partial charge in [0.15, 0.2) is 25.0 Å². The summed E-state index contributed by atoms with van der Waals surface area (Å²) in [5.41, 5.74) is 0.784. The van der Waals surface area contributed by atoms with Crippen LogP contribution in [0.4, 0.5) is 30.7 Å². The Morgan fingerprint density at radius 3 is 1.38 bits per heavy atom. The van der Waals surface area contributed by atoms with Crippen LogP contribution in [0.25, 0.3) is 0 Å². The van der Waals surface area contributed by atoms with Crippen molar-refractivity contribution in [3.63, 3.8) is 0 Å². The van der Waals surface area contributed by atoms with Crippen LogP contribution in [0.3, 0.4) is 0 Å². The molecular formula is C61H95F7O5Si3. The number of rotatable bonds is 29. The number of hydrogen-bond acceptors (Lipinski definition) is 5. The van der Waals surface area contributed by atoms with Crippen LogP contribution < -0.4 is 0 Å². The molecule has 0 aromatic heterocycles. The predicted octanol–water partition coefficient (Wildman–Crippen LogP) is 18.6. The zero-order chi connectivity index (χ0) is 57.9. The van der Waals surface area contributed by atoms with Gasteiger partial charge in [-0.25, -0.2) is 0 Å². The Kier molecular flexibility index (Phi) is 24.0. The molecule has 1 N–H and O–H groups in total. The quantitative estimate of drug-likeness (QED) is 0.0325. The van der Waals surface area contributed by atoms with Crippen molar-refractivity contribution >= 4 is 25.0 Å². The van der Waals surface area contributed by atoms with E-state index in [1.807, 2.05) is 117 Å². The minimum absolute atomic E-state index is 0.0534. The molecule has 0 aliphatic carbocycles. The van der Waals surface area contributed by atoms with E-state index in [0.29, 0.717) is 0 Å². The van der Waals surface area contributed by atoms with Crippen molar-refractivity contribution < 1.29 is 53.9 Å². The Balaban J connectivity index is 2.29. The van der Waals surface area contributed by atoms with Gasteiger partial charge < -0.3 is 23.1 Å². The van der Waals surface area contributed by atoms with Gasteiger partial charge in [-0.3, -0.25) is 0 Å². The summed E-state index contributed by atoms with van der Waals surface area (Å²) in [6.07, 6.45) is -0.678. The molecule has 3 aromatic rings. The first-order valence-electron chi connectivity index (χ1n) is 27.5. The van der Waals surface area contributed by atoms with Gasteiger partial charge in [0.1, 0.15) is 5.60 Å². The van der Waals surface area contributed by atoms with E-state index < -0.39 is 90.2 Å². The van der Waals surface area contributed by atoms with Crippen molar-refractivity contribution in [2.45, 2.75) is 212 Å². The maximum absolute atomic E-state index is 15.4. The number of ether oxygens (including phenoxy) is 1. The number of benzene rings is 3. The van der Waals surface area contributed by atoms with Crippen LogP contribution in [-0.4, -0.2) is 79.6 Å². The van der Waals surface area contributed by atoms with Crippen LogP contribution in [0.5, 0.6) is 0 Å². The molecule has 430 valence electrons. The molecule has 5 nitrogen and oxygen atoms in total. The minimum Gasteiger partial charge on any atom is -0.413 e. The van der Waals surface area contributed by atoms with Gasteiger partial charge in [-0.1, -0.05) is 212 Å². The second kappa shape index (κ2) is 27.0. The smallest absolute Gasteiger partial charge is 0.413 e. The van der Waals surface area contributed by atoms with Crippen molar-refractivity contribution in [3.8, 4) is 0 Å². The van der Waals surface area contributed by atoms with Crippen LogP contribution in [0.15, 0.2) is 115 Å². The van der Waals surface area contributed by atoms with Gasteiger partial charge in [-0.2, -0.15) is 30.7 Å². The first kappa shape index (κ1) is 67.4. The van der Waals surface area contributed by atoms with Gasteiger partial charge in [0, 0.05) is 19.4 Å². The van der Waals surface area contributed by atoms with E-state index >= 15 is 8.78 Å². The highest BCUT2D eigenvalue weighted by Crippen LogP contribution is 2.52. The van der Waals surface area contributed by atoms with Gasteiger partial charge in [-0.15, -0.1) is 0 Å². The van der Waals surface area contributed by atoms with Crippen molar-refractivity contribution in [3.05, 3.63) is 132 Å². The molecule has 0 unspecified atom stereocenters. The second-order valence-corrected chi connectivity index (χ2v) is 39.8. The molecule has 0 radical (unpaired) electrons. The maximum atomic E-state index is 15.4. The molecule has 0 heterocycles. The summed E-state index contributed by atoms with van der Waals surface area (Å²) in [6, 6.07) is 29.2. The topological polar surface area (TPSA) is 57.2 Å². The van der Waals surface area contributed by atoms with E-state index in [9.17, 15) is 27.1 Å². The molecule has 0 spiro atoms. The summed E-state index contributed by atoms with van der Waals surface area (Å²) in [7, 11) is -8.58. The summed E-state index contributed by atoms with van der Waals surface area (Å²) in [4.78, 5) is 0. The predicted molar refractivity (Wildman–Crippen MR) is 307 cm³/mol. The fourth-order valence-electron chi connectivity index (χ4n) is 9.74. The van der Waals surface area contributed by atoms with Crippen molar-refractivity contribution in [1.29, 1.82) is 0 Å². The molecule has 0 aliphatic rings. The Bertz CT molecular complexity index is 2120. The van der Waals surface area contributed by atoms with Crippen LogP contribution in [0, 0.1) is 23.7 Å². The summed E-state index contributed by atoms with van der Waals surface area (Å²) in [5, 5.41) is 9.77. The normalized spacial score (nSPS) is 17.1. The lowest BCUT2D eigenvalue weighted by molar-refractivity contribution is -0.354. The Labute approximate surface area is 457 Å². The molecular weight excluding hydrogens is 1030 g/mol. The van der Waals surface area contributed by atoms with Crippen molar-refractivity contribution in [2.75, 3.05) is 13.2 Å². The highest BCUT2D eigenvalue weighted by atomic mass is 28.4. The summed E-state index contributed by atoms with van der Waals surface area (Å²) < 4.78 is 130. The number of hydrogen-bond donors (Lipinski definition) is 1. The lowest BCUT2D eigenvalue weighted by atomic mass is 9.80. The molecule has 0 fully saturated rings. The third-order valence-electron chi connectivity index (χ3n) is 16.7. The second-order valence-electron chi connectivity index (χ2n) is 25.3. The maximum Gasteiger partial charge on any atom is 0.459 e. The SMILES string of the molecule is CC(C)[Si](CCC(F)(F)C(F)(F)C(F)(F)F)(O[C@@H](C[C@@H](/C=C\[C@H](C)[C@H](O[Si](C)(C)C(C)(C)C)[C@@H](C)C[C@@H](C)CO)O[Si](C)(C)C(C)(C)C)[C@H](C)/C=C/COC(c1ccccc1)(c1ccccc1)c1ccccc1)C(C)C. The monoisotopic (exact) mass is 1120 g/mol. The van der Waals surface area contributed by atoms with E-state index in [0.717, 1.165) is 23.1 Å². The molecule has 3 aromatic carbocycles. The first-order valence-corrected chi connectivity index (χ1v) is 35.5. The fraction of sp³-hybridized carbons (Fsp3) is 0.639. The van der Waals surface area contributed by atoms with Crippen LogP contribution >= 0.6 is 0 Å². The molecule has 7 atom stereocenters. The molecule has 0 saturated heterocycles. The summed E-state index contributed by atoms with van der Waals surface area (Å²) in [6.45, 7) is 37.4. The van der Waals surface area contributed by atoms with E-state index in [4.69, 9.17) is 18.0 Å². The summed E-state index contributed by atoms with van der Waals surface area (Å²) in [5.74, 6) is -12.1. The fourth-order valence-corrected chi connectivity index (χ4v) is 17.2. The van der Waals surface area contributed by atoms with E-state index in [1.54, 1.807) is 27.7 Å². The zero-order valence-electron chi connectivity index (χ0n) is 49.1. The average molecular weight is 1130 g/mol. The first-order chi connectivity index (χ1) is 34.8. The van der Waals surface area contributed by atoms with Gasteiger partial charge in [-0.05, 0) is 100 Å². The van der Waals surface area contributed by atoms with E-state index in [-0.39, 0.29) is 53.6 Å². The molecule has 0 aliphatic heterocycles. The minimum atomic E-state index is -6.44. The van der Waals surface area contributed by atoms with Gasteiger partial charge in [0.05, 0.1) is 24.9 Å². The Morgan fingerprint density at radius 2 is 0.987 bits per heavy atom. The molecule has 76 heavy (non-hydrogen) atoms. The lowest BCUT2D eigenvalue weighted by Crippen LogP contribution is -2.55. The number of halogens is 7. The molecule has 0 bridgehead atoms. The number of alkyl halides is 7. The average Bonchev–Trinajstić information content (AvgIpc) is 3.32. The van der Waals surface area contributed by atoms with Gasteiger partial charge >= 0.3 is 18.0 Å². The van der Waals surface area contributed by atoms with Crippen LogP contribution in [-0.2, 0) is 23.6 Å². The Hall–Kier alpha value is -2.90. The van der Waals surface area contributed by atoms with Gasteiger partial charge in [0.2, 0.25) is 0 Å². The zero-order valence-corrected chi connectivity index (χ0v) is 52.1. The largest absolute Gasteiger partial charge is 0.459 e. The Morgan fingerprint density at radius 1 is 0.553 bits per heavy atom. The lowest BCUT2D eigenvalue weighted by Gasteiger charge is -2.45. The van der Waals surface area contributed by atoms with Crippen LogP contribution in [0.2, 0.25) is 53.4 Å². The van der Waals surface area contributed by atoms with Crippen molar-refractivity contribution in [2.24, 2.45) is 23.7 Å². The van der Waals surface area contributed by atoms with Crippen LogP contribution in [0.1, 0.15) is 133 Å². The highest BCUT2D eigenvalue weighted by molar-refractivity contribution is 6.76. The summed E-state index contributed by atoms with van der Waals surface area (Å²) >= 11 is 0. The van der Waals surface area contributed by atoms with Crippen molar-refractivity contribution in [1.82, 2.24) is 0 Å². The standard InChI is InChI=1S/C61H95F7O5Si3/c1-44(2)76(45(3)4,40-38-58(62,63)60(64,65)61(66,67)68)72-54(47(6)29-28-39-70-59(50-30-22-19-23-31-50,51-32-24-20-25-33-51)52-34-26-21-27-35-52)42-53(71-74(15,16)56(9,10)11)37-36-48(7)55(49(8)41-46(5)43-69)73-75(17,18)57(12,13)14/h19-37,44-49,53-55,69H,38-43H2,1-18H3/b29-28+,37-36-/t46-,47-,48+,49+,53-,54+,55+/m1/s1. The number of aliphatic hydroxyl groups is 1. The third kappa shape index (κ3) is 16.8. The molecule has 0 saturated carbocycles. The third-order valence-corrected chi connectivity index (χ3v) is 31.3. The highest BCUT2D eigenvalue weighted by Gasteiger charge is 2.73. The van der Waals surface area contributed by atoms with E-state index in [1.165, 1.54) is 0 Å². The molecule has 0 amide bonds. The number of aliphatic hydroxyl groups excluding tert-OH is 1. The molecule has 3 rings (SSSR count).